The number of amides is 1. The summed E-state index contributed by atoms with van der Waals surface area (Å²) in [5.41, 5.74) is 2.71. The van der Waals surface area contributed by atoms with Crippen LogP contribution in [0.5, 0.6) is 0 Å². The number of hydrogen-bond donors (Lipinski definition) is 2. The molecule has 0 bridgehead atoms. The van der Waals surface area contributed by atoms with Crippen LogP contribution in [0.2, 0.25) is 5.02 Å². The SMILES string of the molecule is COC(=O)c1ccc(NC(=O)c2cc(Nc3cccc(Cl)c3)ccn2)cc1. The topological polar surface area (TPSA) is 80.3 Å². The second-order valence-corrected chi connectivity index (χ2v) is 6.02. The van der Waals surface area contributed by atoms with Gasteiger partial charge in [0.05, 0.1) is 12.7 Å². The molecule has 0 radical (unpaired) electrons. The van der Waals surface area contributed by atoms with Crippen molar-refractivity contribution in [3.8, 4) is 0 Å². The number of aromatic nitrogens is 1. The Kier molecular flexibility index (Phi) is 5.68. The minimum absolute atomic E-state index is 0.249. The molecular formula is C20H16ClN3O3. The van der Waals surface area contributed by atoms with Gasteiger partial charge >= 0.3 is 5.97 Å². The summed E-state index contributed by atoms with van der Waals surface area (Å²) in [6, 6.07) is 17.1. The number of carbonyl (C=O) groups excluding carboxylic acids is 2. The van der Waals surface area contributed by atoms with Gasteiger partial charge in [-0.2, -0.15) is 0 Å². The third-order valence-corrected chi connectivity index (χ3v) is 3.90. The quantitative estimate of drug-likeness (QED) is 0.635. The molecule has 0 fully saturated rings. The Hall–Kier alpha value is -3.38. The van der Waals surface area contributed by atoms with Gasteiger partial charge in [0, 0.05) is 28.3 Å². The molecule has 2 aromatic carbocycles. The Morgan fingerprint density at radius 3 is 2.41 bits per heavy atom. The first-order chi connectivity index (χ1) is 13.0. The largest absolute Gasteiger partial charge is 0.465 e. The van der Waals surface area contributed by atoms with E-state index in [9.17, 15) is 9.59 Å². The highest BCUT2D eigenvalue weighted by Gasteiger charge is 2.10. The van der Waals surface area contributed by atoms with Gasteiger partial charge in [0.25, 0.3) is 5.91 Å². The highest BCUT2D eigenvalue weighted by Crippen LogP contribution is 2.20. The van der Waals surface area contributed by atoms with Gasteiger partial charge in [0.2, 0.25) is 0 Å². The molecule has 0 saturated carbocycles. The van der Waals surface area contributed by atoms with E-state index in [0.29, 0.717) is 22.0 Å². The van der Waals surface area contributed by atoms with Gasteiger partial charge in [-0.25, -0.2) is 4.79 Å². The maximum atomic E-state index is 12.4. The molecule has 1 heterocycles. The molecule has 0 unspecified atom stereocenters. The average Bonchev–Trinajstić information content (AvgIpc) is 2.68. The molecular weight excluding hydrogens is 366 g/mol. The van der Waals surface area contributed by atoms with Crippen molar-refractivity contribution in [2.24, 2.45) is 0 Å². The summed E-state index contributed by atoms with van der Waals surface area (Å²) in [6.45, 7) is 0. The molecule has 3 rings (SSSR count). The van der Waals surface area contributed by atoms with Crippen molar-refractivity contribution in [2.75, 3.05) is 17.7 Å². The standard InChI is InChI=1S/C20H16ClN3O3/c1-27-20(26)13-5-7-15(8-6-13)24-19(25)18-12-17(9-10-22-18)23-16-4-2-3-14(21)11-16/h2-12H,1H3,(H,22,23)(H,24,25). The number of pyridine rings is 1. The van der Waals surface area contributed by atoms with Crippen LogP contribution in [0.4, 0.5) is 17.1 Å². The van der Waals surface area contributed by atoms with Gasteiger partial charge < -0.3 is 15.4 Å². The number of nitrogens with zero attached hydrogens (tertiary/aromatic N) is 1. The number of carbonyl (C=O) groups is 2. The summed E-state index contributed by atoms with van der Waals surface area (Å²) in [5, 5.41) is 6.53. The Morgan fingerprint density at radius 1 is 0.963 bits per heavy atom. The fraction of sp³-hybridized carbons (Fsp3) is 0.0500. The molecule has 0 aliphatic heterocycles. The van der Waals surface area contributed by atoms with Crippen molar-refractivity contribution >= 4 is 40.5 Å². The van der Waals surface area contributed by atoms with Gasteiger partial charge in [-0.15, -0.1) is 0 Å². The van der Waals surface area contributed by atoms with Crippen LogP contribution >= 0.6 is 11.6 Å². The number of anilines is 3. The molecule has 1 amide bonds. The van der Waals surface area contributed by atoms with Crippen LogP contribution in [0, 0.1) is 0 Å². The van der Waals surface area contributed by atoms with E-state index in [1.165, 1.54) is 7.11 Å². The second-order valence-electron chi connectivity index (χ2n) is 5.59. The Morgan fingerprint density at radius 2 is 1.70 bits per heavy atom. The monoisotopic (exact) mass is 381 g/mol. The van der Waals surface area contributed by atoms with E-state index < -0.39 is 5.97 Å². The van der Waals surface area contributed by atoms with Crippen LogP contribution < -0.4 is 10.6 Å². The van der Waals surface area contributed by atoms with Crippen LogP contribution in [-0.4, -0.2) is 24.0 Å². The molecule has 3 aromatic rings. The number of methoxy groups -OCH3 is 1. The fourth-order valence-corrected chi connectivity index (χ4v) is 2.56. The van der Waals surface area contributed by atoms with Gasteiger partial charge in [-0.3, -0.25) is 9.78 Å². The van der Waals surface area contributed by atoms with Crippen molar-refractivity contribution in [2.45, 2.75) is 0 Å². The van der Waals surface area contributed by atoms with E-state index in [1.54, 1.807) is 54.7 Å². The van der Waals surface area contributed by atoms with Crippen molar-refractivity contribution in [3.63, 3.8) is 0 Å². The van der Waals surface area contributed by atoms with Crippen molar-refractivity contribution in [3.05, 3.63) is 83.1 Å². The zero-order chi connectivity index (χ0) is 19.2. The van der Waals surface area contributed by atoms with E-state index in [0.717, 1.165) is 5.69 Å². The number of benzene rings is 2. The van der Waals surface area contributed by atoms with Gasteiger partial charge in [-0.1, -0.05) is 17.7 Å². The molecule has 0 aliphatic rings. The molecule has 27 heavy (non-hydrogen) atoms. The maximum Gasteiger partial charge on any atom is 0.337 e. The number of rotatable bonds is 5. The third-order valence-electron chi connectivity index (χ3n) is 3.67. The molecule has 0 aliphatic carbocycles. The summed E-state index contributed by atoms with van der Waals surface area (Å²) in [5.74, 6) is -0.801. The molecule has 0 saturated heterocycles. The Labute approximate surface area is 161 Å². The van der Waals surface area contributed by atoms with E-state index >= 15 is 0 Å². The predicted molar refractivity (Wildman–Crippen MR) is 105 cm³/mol. The maximum absolute atomic E-state index is 12.4. The third kappa shape index (κ3) is 4.83. The van der Waals surface area contributed by atoms with E-state index in [4.69, 9.17) is 11.6 Å². The van der Waals surface area contributed by atoms with Crippen LogP contribution in [0.15, 0.2) is 66.9 Å². The molecule has 0 atom stereocenters. The van der Waals surface area contributed by atoms with E-state index in [-0.39, 0.29) is 11.6 Å². The lowest BCUT2D eigenvalue weighted by Crippen LogP contribution is -2.14. The average molecular weight is 382 g/mol. The molecule has 6 nitrogen and oxygen atoms in total. The lowest BCUT2D eigenvalue weighted by Gasteiger charge is -2.09. The van der Waals surface area contributed by atoms with Crippen LogP contribution in [0.3, 0.4) is 0 Å². The number of esters is 1. The van der Waals surface area contributed by atoms with Crippen LogP contribution in [-0.2, 0) is 4.74 Å². The van der Waals surface area contributed by atoms with Crippen molar-refractivity contribution in [1.29, 1.82) is 0 Å². The van der Waals surface area contributed by atoms with E-state index in [2.05, 4.69) is 20.4 Å². The summed E-state index contributed by atoms with van der Waals surface area (Å²) in [4.78, 5) is 28.0. The summed E-state index contributed by atoms with van der Waals surface area (Å²) < 4.78 is 4.64. The normalized spacial score (nSPS) is 10.1. The Balaban J connectivity index is 1.70. The Bertz CT molecular complexity index is 974. The summed E-state index contributed by atoms with van der Waals surface area (Å²) in [7, 11) is 1.31. The van der Waals surface area contributed by atoms with Gasteiger partial charge in [-0.05, 0) is 54.6 Å². The van der Waals surface area contributed by atoms with Gasteiger partial charge in [0.1, 0.15) is 5.69 Å². The van der Waals surface area contributed by atoms with Crippen molar-refractivity contribution in [1.82, 2.24) is 4.98 Å². The summed E-state index contributed by atoms with van der Waals surface area (Å²) >= 11 is 5.98. The lowest BCUT2D eigenvalue weighted by atomic mass is 10.2. The first-order valence-electron chi connectivity index (χ1n) is 8.03. The van der Waals surface area contributed by atoms with Crippen LogP contribution in [0.1, 0.15) is 20.8 Å². The second kappa shape index (κ2) is 8.33. The lowest BCUT2D eigenvalue weighted by molar-refractivity contribution is 0.0600. The smallest absolute Gasteiger partial charge is 0.337 e. The number of halogens is 1. The zero-order valence-electron chi connectivity index (χ0n) is 14.4. The molecule has 2 N–H and O–H groups in total. The van der Waals surface area contributed by atoms with E-state index in [1.807, 2.05) is 12.1 Å². The first kappa shape index (κ1) is 18.4. The zero-order valence-corrected chi connectivity index (χ0v) is 15.2. The van der Waals surface area contributed by atoms with Crippen LogP contribution in [0.25, 0.3) is 0 Å². The van der Waals surface area contributed by atoms with Crippen molar-refractivity contribution < 1.29 is 14.3 Å². The molecule has 7 heteroatoms. The summed E-state index contributed by atoms with van der Waals surface area (Å²) in [6.07, 6.45) is 1.54. The van der Waals surface area contributed by atoms with Gasteiger partial charge in [0.15, 0.2) is 0 Å². The minimum atomic E-state index is -0.436. The fourth-order valence-electron chi connectivity index (χ4n) is 2.37. The number of hydrogen-bond acceptors (Lipinski definition) is 5. The molecule has 0 spiro atoms. The molecule has 136 valence electrons. The highest BCUT2D eigenvalue weighted by molar-refractivity contribution is 6.30. The molecule has 1 aromatic heterocycles. The first-order valence-corrected chi connectivity index (χ1v) is 8.41. The predicted octanol–water partition coefficient (Wildman–Crippen LogP) is 4.52. The minimum Gasteiger partial charge on any atom is -0.465 e. The number of nitrogens with one attached hydrogen (secondary N) is 2. The highest BCUT2D eigenvalue weighted by atomic mass is 35.5. The number of ether oxygens (including phenoxy) is 1.